The zero-order valence-electron chi connectivity index (χ0n) is 18.5. The number of nitrogen functional groups attached to an aromatic ring is 1. The molecular formula is C24H27N7O2. The van der Waals surface area contributed by atoms with Crippen molar-refractivity contribution in [2.75, 3.05) is 18.8 Å². The van der Waals surface area contributed by atoms with Crippen molar-refractivity contribution >= 4 is 22.9 Å². The first-order valence-electron chi connectivity index (χ1n) is 11.0. The second kappa shape index (κ2) is 10.4. The number of fused-ring (bicyclic) bond motifs is 1. The van der Waals surface area contributed by atoms with Crippen molar-refractivity contribution in [1.82, 2.24) is 30.4 Å². The number of aromatic nitrogens is 4. The molecule has 4 aromatic rings. The van der Waals surface area contributed by atoms with Crippen LogP contribution in [0.5, 0.6) is 11.5 Å². The molecule has 33 heavy (non-hydrogen) atoms. The van der Waals surface area contributed by atoms with Crippen LogP contribution in [0.15, 0.2) is 60.9 Å². The molecule has 0 atom stereocenters. The molecule has 0 unspecified atom stereocenters. The number of nitrogens with two attached hydrogens (primary N) is 1. The molecule has 4 rings (SSSR count). The standard InChI is InChI=1S/C24H27N7O2/c1-2-3-13-26-24(32)27-14-15-31-23-20(22(25)28-16-29-23)21(30-31)17-9-11-19(12-10-17)33-18-7-5-4-6-8-18/h4-12,16H,2-3,13-15H2,1H3,(H2,25,28,29)(H2,26,27,32). The van der Waals surface area contributed by atoms with E-state index in [0.29, 0.717) is 42.2 Å². The molecule has 0 radical (unpaired) electrons. The van der Waals surface area contributed by atoms with Gasteiger partial charge >= 0.3 is 6.03 Å². The number of benzene rings is 2. The number of hydrogen-bond donors (Lipinski definition) is 3. The molecule has 9 nitrogen and oxygen atoms in total. The molecule has 9 heteroatoms. The third kappa shape index (κ3) is 5.38. The lowest BCUT2D eigenvalue weighted by Gasteiger charge is -2.07. The summed E-state index contributed by atoms with van der Waals surface area (Å²) in [6.07, 6.45) is 3.40. The van der Waals surface area contributed by atoms with E-state index >= 15 is 0 Å². The van der Waals surface area contributed by atoms with Gasteiger partial charge in [-0.25, -0.2) is 19.4 Å². The van der Waals surface area contributed by atoms with Crippen molar-refractivity contribution in [1.29, 1.82) is 0 Å². The Balaban J connectivity index is 1.51. The summed E-state index contributed by atoms with van der Waals surface area (Å²) in [6.45, 7) is 3.59. The van der Waals surface area contributed by atoms with Gasteiger partial charge in [-0.3, -0.25) is 0 Å². The molecule has 0 saturated heterocycles. The van der Waals surface area contributed by atoms with Crippen LogP contribution in [0.4, 0.5) is 10.6 Å². The van der Waals surface area contributed by atoms with E-state index in [9.17, 15) is 4.79 Å². The molecule has 0 aliphatic carbocycles. The number of amides is 2. The van der Waals surface area contributed by atoms with Crippen molar-refractivity contribution in [3.63, 3.8) is 0 Å². The maximum absolute atomic E-state index is 11.9. The molecule has 2 amide bonds. The Hall–Kier alpha value is -4.14. The Morgan fingerprint density at radius 2 is 1.73 bits per heavy atom. The summed E-state index contributed by atoms with van der Waals surface area (Å²) in [7, 11) is 0. The second-order valence-electron chi connectivity index (χ2n) is 7.50. The van der Waals surface area contributed by atoms with Crippen LogP contribution >= 0.6 is 0 Å². The summed E-state index contributed by atoms with van der Waals surface area (Å²) in [6, 6.07) is 17.0. The van der Waals surface area contributed by atoms with Gasteiger partial charge in [-0.05, 0) is 42.8 Å². The minimum absolute atomic E-state index is 0.191. The van der Waals surface area contributed by atoms with Crippen LogP contribution in [0.25, 0.3) is 22.3 Å². The molecular weight excluding hydrogens is 418 g/mol. The molecule has 4 N–H and O–H groups in total. The largest absolute Gasteiger partial charge is 0.457 e. The van der Waals surface area contributed by atoms with Crippen LogP contribution in [0.1, 0.15) is 19.8 Å². The van der Waals surface area contributed by atoms with Crippen LogP contribution < -0.4 is 21.1 Å². The molecule has 0 aliphatic heterocycles. The molecule has 0 fully saturated rings. The lowest BCUT2D eigenvalue weighted by atomic mass is 10.1. The molecule has 0 bridgehead atoms. The summed E-state index contributed by atoms with van der Waals surface area (Å²) >= 11 is 0. The number of nitrogens with one attached hydrogen (secondary N) is 2. The predicted octanol–water partition coefficient (Wildman–Crippen LogP) is 3.97. The summed E-state index contributed by atoms with van der Waals surface area (Å²) in [4.78, 5) is 20.4. The first-order chi connectivity index (χ1) is 16.2. The zero-order valence-corrected chi connectivity index (χ0v) is 18.5. The molecule has 0 aliphatic rings. The predicted molar refractivity (Wildman–Crippen MR) is 128 cm³/mol. The fraction of sp³-hybridized carbons (Fsp3) is 0.250. The number of para-hydroxylation sites is 1. The topological polar surface area (TPSA) is 120 Å². The Morgan fingerprint density at radius 3 is 2.48 bits per heavy atom. The van der Waals surface area contributed by atoms with Crippen molar-refractivity contribution < 1.29 is 9.53 Å². The minimum Gasteiger partial charge on any atom is -0.457 e. The number of unbranched alkanes of at least 4 members (excludes halogenated alkanes) is 1. The third-order valence-corrected chi connectivity index (χ3v) is 5.09. The summed E-state index contributed by atoms with van der Waals surface area (Å²) in [5.41, 5.74) is 8.35. The van der Waals surface area contributed by atoms with Gasteiger partial charge < -0.3 is 21.1 Å². The van der Waals surface area contributed by atoms with Gasteiger partial charge in [-0.15, -0.1) is 0 Å². The van der Waals surface area contributed by atoms with Crippen molar-refractivity contribution in [3.05, 3.63) is 60.9 Å². The lowest BCUT2D eigenvalue weighted by molar-refractivity contribution is 0.240. The number of ether oxygens (including phenoxy) is 1. The van der Waals surface area contributed by atoms with E-state index in [0.717, 1.165) is 29.9 Å². The summed E-state index contributed by atoms with van der Waals surface area (Å²) < 4.78 is 7.61. The highest BCUT2D eigenvalue weighted by Crippen LogP contribution is 2.31. The third-order valence-electron chi connectivity index (χ3n) is 5.09. The van der Waals surface area contributed by atoms with Gasteiger partial charge in [0, 0.05) is 18.7 Å². The molecule has 170 valence electrons. The van der Waals surface area contributed by atoms with E-state index in [1.807, 2.05) is 54.6 Å². The smallest absolute Gasteiger partial charge is 0.314 e. The summed E-state index contributed by atoms with van der Waals surface area (Å²) in [5, 5.41) is 11.1. The van der Waals surface area contributed by atoms with Gasteiger partial charge in [0.1, 0.15) is 29.3 Å². The Bertz CT molecular complexity index is 1210. The first kappa shape index (κ1) is 22.1. The monoisotopic (exact) mass is 445 g/mol. The number of nitrogens with zero attached hydrogens (tertiary/aromatic N) is 4. The van der Waals surface area contributed by atoms with Gasteiger partial charge in [0.05, 0.1) is 11.9 Å². The molecule has 0 spiro atoms. The average molecular weight is 446 g/mol. The fourth-order valence-corrected chi connectivity index (χ4v) is 3.41. The van der Waals surface area contributed by atoms with E-state index in [4.69, 9.17) is 15.6 Å². The van der Waals surface area contributed by atoms with E-state index in [1.54, 1.807) is 4.68 Å². The van der Waals surface area contributed by atoms with E-state index in [-0.39, 0.29) is 6.03 Å². The SMILES string of the molecule is CCCCNC(=O)NCCn1nc(-c2ccc(Oc3ccccc3)cc2)c2c(N)ncnc21. The van der Waals surface area contributed by atoms with Gasteiger partial charge in [0.25, 0.3) is 0 Å². The Kier molecular flexibility index (Phi) is 6.99. The van der Waals surface area contributed by atoms with Crippen LogP contribution in [-0.2, 0) is 6.54 Å². The maximum atomic E-state index is 11.9. The maximum Gasteiger partial charge on any atom is 0.314 e. The van der Waals surface area contributed by atoms with Crippen molar-refractivity contribution in [3.8, 4) is 22.8 Å². The van der Waals surface area contributed by atoms with Crippen LogP contribution in [-0.4, -0.2) is 38.9 Å². The number of carbonyl (C=O) groups is 1. The Labute approximate surface area is 192 Å². The highest BCUT2D eigenvalue weighted by Gasteiger charge is 2.17. The molecule has 2 heterocycles. The van der Waals surface area contributed by atoms with Gasteiger partial charge in [0.2, 0.25) is 0 Å². The normalized spacial score (nSPS) is 10.8. The molecule has 2 aromatic carbocycles. The van der Waals surface area contributed by atoms with Crippen LogP contribution in [0.2, 0.25) is 0 Å². The highest BCUT2D eigenvalue weighted by molar-refractivity contribution is 5.98. The zero-order chi connectivity index (χ0) is 23.0. The summed E-state index contributed by atoms with van der Waals surface area (Å²) in [5.74, 6) is 1.84. The van der Waals surface area contributed by atoms with Gasteiger partial charge in [-0.1, -0.05) is 31.5 Å². The van der Waals surface area contributed by atoms with Gasteiger partial charge in [0.15, 0.2) is 5.65 Å². The average Bonchev–Trinajstić information content (AvgIpc) is 3.20. The second-order valence-corrected chi connectivity index (χ2v) is 7.50. The first-order valence-corrected chi connectivity index (χ1v) is 11.0. The Morgan fingerprint density at radius 1 is 1.00 bits per heavy atom. The van der Waals surface area contributed by atoms with Crippen molar-refractivity contribution in [2.24, 2.45) is 0 Å². The quantitative estimate of drug-likeness (QED) is 0.335. The molecule has 0 saturated carbocycles. The number of urea groups is 1. The number of anilines is 1. The fourth-order valence-electron chi connectivity index (χ4n) is 3.41. The van der Waals surface area contributed by atoms with Crippen LogP contribution in [0.3, 0.4) is 0 Å². The van der Waals surface area contributed by atoms with Gasteiger partial charge in [-0.2, -0.15) is 5.10 Å². The number of hydrogen-bond acceptors (Lipinski definition) is 6. The lowest BCUT2D eigenvalue weighted by Crippen LogP contribution is -2.37. The van der Waals surface area contributed by atoms with Crippen LogP contribution in [0, 0.1) is 0 Å². The van der Waals surface area contributed by atoms with E-state index < -0.39 is 0 Å². The molecule has 2 aromatic heterocycles. The van der Waals surface area contributed by atoms with E-state index in [1.165, 1.54) is 6.33 Å². The number of rotatable bonds is 9. The van der Waals surface area contributed by atoms with E-state index in [2.05, 4.69) is 27.5 Å². The minimum atomic E-state index is -0.191. The highest BCUT2D eigenvalue weighted by atomic mass is 16.5. The number of carbonyl (C=O) groups excluding carboxylic acids is 1. The van der Waals surface area contributed by atoms with Crippen molar-refractivity contribution in [2.45, 2.75) is 26.3 Å².